The lowest BCUT2D eigenvalue weighted by atomic mass is 10.0. The molecule has 0 fully saturated rings. The van der Waals surface area contributed by atoms with Crippen molar-refractivity contribution < 1.29 is 14.7 Å². The highest BCUT2D eigenvalue weighted by Crippen LogP contribution is 2.08. The van der Waals surface area contributed by atoms with Crippen molar-refractivity contribution in [1.29, 1.82) is 0 Å². The molecule has 0 radical (unpaired) electrons. The first-order chi connectivity index (χ1) is 8.04. The van der Waals surface area contributed by atoms with Gasteiger partial charge in [0, 0.05) is 0 Å². The average Bonchev–Trinajstić information content (AvgIpc) is 2.30. The van der Waals surface area contributed by atoms with Crippen LogP contribution in [0.1, 0.15) is 18.1 Å². The molecule has 3 N–H and O–H groups in total. The fourth-order valence-corrected chi connectivity index (χ4v) is 1.41. The Hall–Kier alpha value is -1.88. The summed E-state index contributed by atoms with van der Waals surface area (Å²) in [6.07, 6.45) is 0.316. The summed E-state index contributed by atoms with van der Waals surface area (Å²) in [7, 11) is 1.49. The number of carboxylic acids is 1. The summed E-state index contributed by atoms with van der Waals surface area (Å²) in [5.41, 5.74) is 8.03. The number of nitrogens with two attached hydrogens (primary N) is 1. The Kier molecular flexibility index (Phi) is 4.66. The Morgan fingerprint density at radius 2 is 2.06 bits per heavy atom. The van der Waals surface area contributed by atoms with Crippen molar-refractivity contribution in [3.05, 3.63) is 35.4 Å². The van der Waals surface area contributed by atoms with Gasteiger partial charge in [-0.25, -0.2) is 0 Å². The van der Waals surface area contributed by atoms with E-state index < -0.39 is 12.0 Å². The van der Waals surface area contributed by atoms with Crippen LogP contribution in [0.5, 0.6) is 0 Å². The summed E-state index contributed by atoms with van der Waals surface area (Å²) < 4.78 is 0. The SMILES string of the molecule is CON=C(C)c1ccc(C[C@H](N)C(=O)O)cc1. The quantitative estimate of drug-likeness (QED) is 0.590. The molecule has 5 nitrogen and oxygen atoms in total. The van der Waals surface area contributed by atoms with Crippen LogP contribution in [0, 0.1) is 0 Å². The van der Waals surface area contributed by atoms with Crippen LogP contribution in [-0.2, 0) is 16.1 Å². The molecule has 5 heteroatoms. The maximum Gasteiger partial charge on any atom is 0.320 e. The third kappa shape index (κ3) is 3.88. The molecule has 0 saturated heterocycles. The van der Waals surface area contributed by atoms with Crippen LogP contribution >= 0.6 is 0 Å². The number of carbonyl (C=O) groups is 1. The third-order valence-corrected chi connectivity index (χ3v) is 2.37. The number of rotatable bonds is 5. The lowest BCUT2D eigenvalue weighted by Crippen LogP contribution is -2.32. The maximum atomic E-state index is 10.6. The first-order valence-corrected chi connectivity index (χ1v) is 5.20. The molecule has 0 amide bonds. The fourth-order valence-electron chi connectivity index (χ4n) is 1.41. The van der Waals surface area contributed by atoms with E-state index in [1.807, 2.05) is 31.2 Å². The van der Waals surface area contributed by atoms with Crippen LogP contribution in [0.25, 0.3) is 0 Å². The van der Waals surface area contributed by atoms with Gasteiger partial charge in [0.15, 0.2) is 0 Å². The predicted octanol–water partition coefficient (Wildman–Crippen LogP) is 1.01. The monoisotopic (exact) mass is 236 g/mol. The van der Waals surface area contributed by atoms with Crippen molar-refractivity contribution in [2.45, 2.75) is 19.4 Å². The number of hydrogen-bond acceptors (Lipinski definition) is 4. The largest absolute Gasteiger partial charge is 0.480 e. The van der Waals surface area contributed by atoms with E-state index in [0.29, 0.717) is 6.42 Å². The number of carboxylic acid groups (broad SMARTS) is 1. The van der Waals surface area contributed by atoms with E-state index in [1.54, 1.807) is 0 Å². The molecule has 1 atom stereocenters. The molecule has 0 saturated carbocycles. The summed E-state index contributed by atoms with van der Waals surface area (Å²) in [6, 6.07) is 6.54. The highest BCUT2D eigenvalue weighted by atomic mass is 16.6. The van der Waals surface area contributed by atoms with E-state index in [9.17, 15) is 4.79 Å². The minimum atomic E-state index is -0.994. The Balaban J connectivity index is 2.75. The minimum absolute atomic E-state index is 0.316. The number of hydrogen-bond donors (Lipinski definition) is 2. The normalized spacial score (nSPS) is 13.2. The van der Waals surface area contributed by atoms with Gasteiger partial charge in [0.05, 0.1) is 5.71 Å². The van der Waals surface area contributed by atoms with Gasteiger partial charge in [0.1, 0.15) is 13.2 Å². The zero-order valence-corrected chi connectivity index (χ0v) is 9.88. The summed E-state index contributed by atoms with van der Waals surface area (Å²) in [5.74, 6) is -0.994. The Morgan fingerprint density at radius 3 is 2.53 bits per heavy atom. The van der Waals surface area contributed by atoms with E-state index >= 15 is 0 Å². The van der Waals surface area contributed by atoms with E-state index in [4.69, 9.17) is 10.8 Å². The fraction of sp³-hybridized carbons (Fsp3) is 0.333. The van der Waals surface area contributed by atoms with Gasteiger partial charge < -0.3 is 15.7 Å². The maximum absolute atomic E-state index is 10.6. The summed E-state index contributed by atoms with van der Waals surface area (Å²) in [6.45, 7) is 1.83. The van der Waals surface area contributed by atoms with Crippen LogP contribution in [0.4, 0.5) is 0 Å². The summed E-state index contributed by atoms with van der Waals surface area (Å²) >= 11 is 0. The van der Waals surface area contributed by atoms with E-state index in [1.165, 1.54) is 7.11 Å². The Bertz CT molecular complexity index is 412. The molecule has 0 spiro atoms. The van der Waals surface area contributed by atoms with E-state index in [-0.39, 0.29) is 0 Å². The van der Waals surface area contributed by atoms with E-state index in [0.717, 1.165) is 16.8 Å². The zero-order valence-electron chi connectivity index (χ0n) is 9.88. The molecular weight excluding hydrogens is 220 g/mol. The summed E-state index contributed by atoms with van der Waals surface area (Å²) in [5, 5.41) is 12.5. The van der Waals surface area contributed by atoms with Crippen molar-refractivity contribution in [1.82, 2.24) is 0 Å². The number of oxime groups is 1. The molecule has 0 heterocycles. The molecule has 1 aromatic carbocycles. The van der Waals surface area contributed by atoms with Crippen molar-refractivity contribution in [3.63, 3.8) is 0 Å². The number of aliphatic carboxylic acids is 1. The molecule has 0 aliphatic carbocycles. The topological polar surface area (TPSA) is 84.9 Å². The van der Waals surface area contributed by atoms with Gasteiger partial charge in [0.25, 0.3) is 0 Å². The average molecular weight is 236 g/mol. The lowest BCUT2D eigenvalue weighted by molar-refractivity contribution is -0.138. The van der Waals surface area contributed by atoms with Gasteiger partial charge in [-0.2, -0.15) is 0 Å². The van der Waals surface area contributed by atoms with Crippen LogP contribution in [0.15, 0.2) is 29.4 Å². The van der Waals surface area contributed by atoms with Gasteiger partial charge in [-0.3, -0.25) is 4.79 Å². The molecule has 0 aliphatic heterocycles. The van der Waals surface area contributed by atoms with E-state index in [2.05, 4.69) is 9.99 Å². The smallest absolute Gasteiger partial charge is 0.320 e. The van der Waals surface area contributed by atoms with Crippen molar-refractivity contribution in [3.8, 4) is 0 Å². The number of nitrogens with zero attached hydrogens (tertiary/aromatic N) is 1. The second-order valence-corrected chi connectivity index (χ2v) is 3.71. The molecule has 0 unspecified atom stereocenters. The molecule has 0 bridgehead atoms. The first-order valence-electron chi connectivity index (χ1n) is 5.20. The van der Waals surface area contributed by atoms with Gasteiger partial charge in [0.2, 0.25) is 0 Å². The molecule has 0 aliphatic rings. The van der Waals surface area contributed by atoms with Gasteiger partial charge in [-0.1, -0.05) is 29.4 Å². The van der Waals surface area contributed by atoms with Crippen LogP contribution in [-0.4, -0.2) is 29.9 Å². The molecule has 1 rings (SSSR count). The number of benzene rings is 1. The van der Waals surface area contributed by atoms with Crippen LogP contribution in [0.3, 0.4) is 0 Å². The third-order valence-electron chi connectivity index (χ3n) is 2.37. The lowest BCUT2D eigenvalue weighted by Gasteiger charge is -2.07. The van der Waals surface area contributed by atoms with Gasteiger partial charge in [-0.05, 0) is 24.5 Å². The molecule has 17 heavy (non-hydrogen) atoms. The first kappa shape index (κ1) is 13.2. The summed E-state index contributed by atoms with van der Waals surface area (Å²) in [4.78, 5) is 15.3. The highest BCUT2D eigenvalue weighted by Gasteiger charge is 2.11. The van der Waals surface area contributed by atoms with Crippen molar-refractivity contribution in [2.24, 2.45) is 10.9 Å². The second-order valence-electron chi connectivity index (χ2n) is 3.71. The molecular formula is C12H16N2O3. The van der Waals surface area contributed by atoms with Gasteiger partial charge >= 0.3 is 5.97 Å². The van der Waals surface area contributed by atoms with Crippen molar-refractivity contribution >= 4 is 11.7 Å². The standard InChI is InChI=1S/C12H16N2O3/c1-8(14-17-2)10-5-3-9(4-6-10)7-11(13)12(15)16/h3-6,11H,7,13H2,1-2H3,(H,15,16)/t11-/m0/s1. The Morgan fingerprint density at radius 1 is 1.47 bits per heavy atom. The van der Waals surface area contributed by atoms with Gasteiger partial charge in [-0.15, -0.1) is 0 Å². The predicted molar refractivity (Wildman–Crippen MR) is 65.0 cm³/mol. The second kappa shape index (κ2) is 6.00. The molecule has 92 valence electrons. The molecule has 1 aromatic rings. The highest BCUT2D eigenvalue weighted by molar-refractivity contribution is 5.98. The zero-order chi connectivity index (χ0) is 12.8. The van der Waals surface area contributed by atoms with Crippen molar-refractivity contribution in [2.75, 3.05) is 7.11 Å². The minimum Gasteiger partial charge on any atom is -0.480 e. The van der Waals surface area contributed by atoms with Crippen LogP contribution < -0.4 is 5.73 Å². The Labute approximate surface area is 99.9 Å². The van der Waals surface area contributed by atoms with Crippen LogP contribution in [0.2, 0.25) is 0 Å². The molecule has 0 aromatic heterocycles.